The summed E-state index contributed by atoms with van der Waals surface area (Å²) in [5, 5.41) is 15.6. The zero-order valence-corrected chi connectivity index (χ0v) is 15.5. The topological polar surface area (TPSA) is 32.3 Å². The zero-order valence-electron chi connectivity index (χ0n) is 15.5. The molecule has 3 aromatic carbocycles. The van der Waals surface area contributed by atoms with Gasteiger partial charge in [-0.05, 0) is 33.9 Å². The van der Waals surface area contributed by atoms with Crippen molar-refractivity contribution in [3.05, 3.63) is 83.4 Å². The summed E-state index contributed by atoms with van der Waals surface area (Å²) in [7, 11) is 0. The van der Waals surface area contributed by atoms with Crippen molar-refractivity contribution in [3.63, 3.8) is 0 Å². The molecule has 3 aromatic rings. The summed E-state index contributed by atoms with van der Waals surface area (Å²) in [6, 6.07) is 22.8. The van der Waals surface area contributed by atoms with Gasteiger partial charge in [0.1, 0.15) is 0 Å². The Morgan fingerprint density at radius 3 is 1.92 bits per heavy atom. The number of nitrogens with one attached hydrogen (secondary N) is 1. The van der Waals surface area contributed by atoms with Gasteiger partial charge in [-0.1, -0.05) is 87.5 Å². The van der Waals surface area contributed by atoms with Crippen LogP contribution in [-0.2, 0) is 13.1 Å². The molecule has 2 nitrogen and oxygen atoms in total. The fourth-order valence-electron chi connectivity index (χ4n) is 3.04. The largest absolute Gasteiger partial charge is 0.388 e. The lowest BCUT2D eigenvalue weighted by Crippen LogP contribution is -2.18. The quantitative estimate of drug-likeness (QED) is 0.639. The average molecular weight is 335 g/mol. The Morgan fingerprint density at radius 2 is 1.40 bits per heavy atom. The molecule has 0 spiro atoms. The third-order valence-corrected chi connectivity index (χ3v) is 4.28. The predicted molar refractivity (Wildman–Crippen MR) is 108 cm³/mol. The molecule has 4 rings (SSSR count). The summed E-state index contributed by atoms with van der Waals surface area (Å²) in [6.07, 6.45) is 0.491. The Balaban J connectivity index is 0.000000170. The van der Waals surface area contributed by atoms with E-state index in [9.17, 15) is 5.11 Å². The molecule has 0 bridgehead atoms. The van der Waals surface area contributed by atoms with E-state index in [2.05, 4.69) is 41.7 Å². The maximum absolute atomic E-state index is 9.33. The maximum Gasteiger partial charge on any atom is 0.0787 e. The molecular formula is C23H29NO. The van der Waals surface area contributed by atoms with Crippen LogP contribution in [0.4, 0.5) is 0 Å². The van der Waals surface area contributed by atoms with Gasteiger partial charge in [-0.25, -0.2) is 0 Å². The molecule has 1 atom stereocenters. The minimum atomic E-state index is -0.291. The molecular weight excluding hydrogens is 306 g/mol. The van der Waals surface area contributed by atoms with Crippen LogP contribution in [0.25, 0.3) is 10.8 Å². The highest BCUT2D eigenvalue weighted by molar-refractivity contribution is 5.89. The molecule has 132 valence electrons. The van der Waals surface area contributed by atoms with Gasteiger partial charge < -0.3 is 10.4 Å². The number of hydrogen-bond acceptors (Lipinski definition) is 2. The van der Waals surface area contributed by atoms with Gasteiger partial charge in [0.25, 0.3) is 0 Å². The maximum atomic E-state index is 9.33. The van der Waals surface area contributed by atoms with Crippen LogP contribution < -0.4 is 5.32 Å². The summed E-state index contributed by atoms with van der Waals surface area (Å²) in [4.78, 5) is 0. The van der Waals surface area contributed by atoms with Gasteiger partial charge >= 0.3 is 0 Å². The molecule has 2 N–H and O–H groups in total. The van der Waals surface area contributed by atoms with Crippen molar-refractivity contribution in [1.82, 2.24) is 5.32 Å². The van der Waals surface area contributed by atoms with Gasteiger partial charge in [-0.2, -0.15) is 0 Å². The fourth-order valence-corrected chi connectivity index (χ4v) is 3.04. The van der Waals surface area contributed by atoms with E-state index in [0.717, 1.165) is 25.1 Å². The monoisotopic (exact) mass is 335 g/mol. The van der Waals surface area contributed by atoms with Gasteiger partial charge in [0.15, 0.2) is 0 Å². The van der Waals surface area contributed by atoms with E-state index < -0.39 is 0 Å². The van der Waals surface area contributed by atoms with E-state index in [1.54, 1.807) is 0 Å². The highest BCUT2D eigenvalue weighted by Gasteiger charge is 2.09. The molecule has 0 fully saturated rings. The molecule has 0 radical (unpaired) electrons. The minimum Gasteiger partial charge on any atom is -0.388 e. The number of benzene rings is 3. The van der Waals surface area contributed by atoms with Crippen LogP contribution in [-0.4, -0.2) is 5.11 Å². The lowest BCUT2D eigenvalue weighted by atomic mass is 9.96. The second-order valence-corrected chi connectivity index (χ2v) is 5.87. The van der Waals surface area contributed by atoms with Crippen LogP contribution >= 0.6 is 0 Å². The van der Waals surface area contributed by atoms with Gasteiger partial charge in [0.05, 0.1) is 6.10 Å². The van der Waals surface area contributed by atoms with E-state index >= 15 is 0 Å². The second kappa shape index (κ2) is 9.97. The number of aliphatic hydroxyl groups is 1. The Hall–Kier alpha value is -2.16. The van der Waals surface area contributed by atoms with Crippen molar-refractivity contribution in [2.75, 3.05) is 0 Å². The third kappa shape index (κ3) is 4.91. The molecule has 0 aromatic heterocycles. The third-order valence-electron chi connectivity index (χ3n) is 4.28. The average Bonchev–Trinajstić information content (AvgIpc) is 2.71. The first-order valence-corrected chi connectivity index (χ1v) is 9.23. The normalized spacial score (nSPS) is 13.1. The number of aliphatic hydroxyl groups excluding tert-OH is 1. The SMILES string of the molecule is CC.CCC(O)c1ccccc1.c1cc2c3c(cccc3c1)CNC2. The van der Waals surface area contributed by atoms with Crippen LogP contribution in [0, 0.1) is 0 Å². The van der Waals surface area contributed by atoms with Gasteiger partial charge in [-0.3, -0.25) is 0 Å². The number of hydrogen-bond donors (Lipinski definition) is 2. The first kappa shape index (κ1) is 19.2. The van der Waals surface area contributed by atoms with Crippen molar-refractivity contribution >= 4 is 10.8 Å². The number of rotatable bonds is 2. The summed E-state index contributed by atoms with van der Waals surface area (Å²) >= 11 is 0. The first-order valence-electron chi connectivity index (χ1n) is 9.23. The Labute approximate surface area is 151 Å². The Kier molecular flexibility index (Phi) is 7.65. The van der Waals surface area contributed by atoms with E-state index in [0.29, 0.717) is 0 Å². The first-order chi connectivity index (χ1) is 12.3. The van der Waals surface area contributed by atoms with E-state index in [1.165, 1.54) is 21.9 Å². The van der Waals surface area contributed by atoms with Crippen LogP contribution in [0.1, 0.15) is 50.0 Å². The molecule has 25 heavy (non-hydrogen) atoms. The van der Waals surface area contributed by atoms with Crippen molar-refractivity contribution in [3.8, 4) is 0 Å². The second-order valence-electron chi connectivity index (χ2n) is 5.87. The van der Waals surface area contributed by atoms with E-state index in [-0.39, 0.29) is 6.10 Å². The summed E-state index contributed by atoms with van der Waals surface area (Å²) in [5.74, 6) is 0. The Bertz CT molecular complexity index is 729. The molecule has 1 aliphatic rings. The summed E-state index contributed by atoms with van der Waals surface area (Å²) in [6.45, 7) is 7.99. The van der Waals surface area contributed by atoms with Crippen LogP contribution in [0.3, 0.4) is 0 Å². The highest BCUT2D eigenvalue weighted by Crippen LogP contribution is 2.25. The van der Waals surface area contributed by atoms with Crippen molar-refractivity contribution < 1.29 is 5.11 Å². The van der Waals surface area contributed by atoms with Crippen molar-refractivity contribution in [1.29, 1.82) is 0 Å². The molecule has 1 heterocycles. The van der Waals surface area contributed by atoms with E-state index in [1.807, 2.05) is 51.1 Å². The molecule has 0 amide bonds. The molecule has 0 saturated heterocycles. The molecule has 1 aliphatic heterocycles. The van der Waals surface area contributed by atoms with E-state index in [4.69, 9.17) is 0 Å². The van der Waals surface area contributed by atoms with Gasteiger partial charge in [0.2, 0.25) is 0 Å². The van der Waals surface area contributed by atoms with Crippen molar-refractivity contribution in [2.45, 2.75) is 46.4 Å². The Morgan fingerprint density at radius 1 is 0.840 bits per heavy atom. The molecule has 2 heteroatoms. The predicted octanol–water partition coefficient (Wildman–Crippen LogP) is 5.60. The lowest BCUT2D eigenvalue weighted by Gasteiger charge is -2.17. The summed E-state index contributed by atoms with van der Waals surface area (Å²) < 4.78 is 0. The molecule has 0 saturated carbocycles. The van der Waals surface area contributed by atoms with Crippen LogP contribution in [0.2, 0.25) is 0 Å². The van der Waals surface area contributed by atoms with Gasteiger partial charge in [-0.15, -0.1) is 0 Å². The highest BCUT2D eigenvalue weighted by atomic mass is 16.3. The van der Waals surface area contributed by atoms with Gasteiger partial charge in [0, 0.05) is 13.1 Å². The lowest BCUT2D eigenvalue weighted by molar-refractivity contribution is 0.173. The fraction of sp³-hybridized carbons (Fsp3) is 0.304. The molecule has 0 aliphatic carbocycles. The van der Waals surface area contributed by atoms with Crippen molar-refractivity contribution in [2.24, 2.45) is 0 Å². The molecule has 1 unspecified atom stereocenters. The van der Waals surface area contributed by atoms with Crippen LogP contribution in [0.15, 0.2) is 66.7 Å². The standard InChI is InChI=1S/C12H11N.C9H12O.C2H6/c1-3-9-4-2-6-11-8-13-7-10(5-1)12(9)11;1-2-9(10)8-6-4-3-5-7-8;1-2/h1-6,13H,7-8H2;3-7,9-10H,2H2,1H3;1-2H3. The summed E-state index contributed by atoms with van der Waals surface area (Å²) in [5.41, 5.74) is 3.86. The van der Waals surface area contributed by atoms with Crippen LogP contribution in [0.5, 0.6) is 0 Å². The minimum absolute atomic E-state index is 0.291. The zero-order chi connectivity index (χ0) is 18.1. The smallest absolute Gasteiger partial charge is 0.0787 e.